The van der Waals surface area contributed by atoms with Crippen molar-refractivity contribution in [1.29, 1.82) is 0 Å². The highest BCUT2D eigenvalue weighted by molar-refractivity contribution is 7.02. The summed E-state index contributed by atoms with van der Waals surface area (Å²) in [4.78, 5) is 0. The second-order valence-electron chi connectivity index (χ2n) is 7.79. The van der Waals surface area contributed by atoms with E-state index in [-0.39, 0.29) is 0 Å². The average Bonchev–Trinajstić information content (AvgIpc) is 2.82. The Kier molecular flexibility index (Phi) is 6.38. The zero-order valence-electron chi connectivity index (χ0n) is 16.9. The molecule has 0 saturated carbocycles. The minimum atomic E-state index is -1.91. The van der Waals surface area contributed by atoms with Crippen molar-refractivity contribution < 1.29 is 0 Å². The number of aryl methyl sites for hydroxylation is 2. The van der Waals surface area contributed by atoms with Crippen molar-refractivity contribution in [2.45, 2.75) is 24.9 Å². The molecule has 144 valence electrons. The van der Waals surface area contributed by atoms with E-state index in [4.69, 9.17) is 0 Å². The Labute approximate surface area is 175 Å². The third kappa shape index (κ3) is 4.75. The topological polar surface area (TPSA) is 0 Å². The summed E-state index contributed by atoms with van der Waals surface area (Å²) in [6, 6.07) is 47.0. The van der Waals surface area contributed by atoms with E-state index in [9.17, 15) is 0 Å². The summed E-state index contributed by atoms with van der Waals surface area (Å²) in [6.07, 6.45) is 2.26. The predicted octanol–water partition coefficient (Wildman–Crippen LogP) is 5.74. The van der Waals surface area contributed by atoms with Gasteiger partial charge in [0.15, 0.2) is 0 Å². The van der Waals surface area contributed by atoms with Gasteiger partial charge < -0.3 is 0 Å². The molecule has 29 heavy (non-hydrogen) atoms. The highest BCUT2D eigenvalue weighted by Gasteiger charge is 2.36. The van der Waals surface area contributed by atoms with Crippen molar-refractivity contribution in [3.05, 3.63) is 132 Å². The molecule has 0 N–H and O–H groups in total. The highest BCUT2D eigenvalue weighted by atomic mass is 28.3. The lowest BCUT2D eigenvalue weighted by atomic mass is 10.2. The molecule has 0 aliphatic carbocycles. The molecule has 1 heteroatoms. The summed E-state index contributed by atoms with van der Waals surface area (Å²) >= 11 is 0. The van der Waals surface area contributed by atoms with Gasteiger partial charge in [-0.15, -0.1) is 0 Å². The molecule has 0 aromatic heterocycles. The summed E-state index contributed by atoms with van der Waals surface area (Å²) in [5.74, 6) is 0. The van der Waals surface area contributed by atoms with E-state index >= 15 is 0 Å². The predicted molar refractivity (Wildman–Crippen MR) is 128 cm³/mol. The number of rotatable bonds is 8. The summed E-state index contributed by atoms with van der Waals surface area (Å²) in [6.45, 7) is 0. The zero-order valence-corrected chi connectivity index (χ0v) is 17.9. The first-order valence-corrected chi connectivity index (χ1v) is 13.0. The Morgan fingerprint density at radius 3 is 1.03 bits per heavy atom. The first-order chi connectivity index (χ1) is 14.4. The molecule has 0 heterocycles. The van der Waals surface area contributed by atoms with Gasteiger partial charge in [0, 0.05) is 0 Å². The van der Waals surface area contributed by atoms with Crippen LogP contribution in [0.1, 0.15) is 11.1 Å². The number of benzene rings is 4. The Bertz CT molecular complexity index is 894. The molecule has 4 aromatic carbocycles. The molecule has 0 radical (unpaired) electrons. The van der Waals surface area contributed by atoms with E-state index in [2.05, 4.69) is 121 Å². The van der Waals surface area contributed by atoms with E-state index in [1.54, 1.807) is 10.4 Å². The SMILES string of the molecule is c1ccc(CC[Si](CCc2ccccc2)(c2ccccc2)c2ccccc2)cc1. The normalized spacial score (nSPS) is 11.3. The fraction of sp³-hybridized carbons (Fsp3) is 0.143. The van der Waals surface area contributed by atoms with Crippen molar-refractivity contribution >= 4 is 18.4 Å². The van der Waals surface area contributed by atoms with Crippen LogP contribution in [0.2, 0.25) is 12.1 Å². The monoisotopic (exact) mass is 392 g/mol. The lowest BCUT2D eigenvalue weighted by Crippen LogP contribution is -2.58. The van der Waals surface area contributed by atoms with E-state index in [1.807, 2.05) is 0 Å². The Balaban J connectivity index is 1.73. The van der Waals surface area contributed by atoms with Crippen molar-refractivity contribution in [3.8, 4) is 0 Å². The Hall–Kier alpha value is -2.90. The van der Waals surface area contributed by atoms with Crippen LogP contribution in [0.25, 0.3) is 0 Å². The van der Waals surface area contributed by atoms with Gasteiger partial charge in [-0.1, -0.05) is 132 Å². The average molecular weight is 393 g/mol. The maximum atomic E-state index is 2.37. The second kappa shape index (κ2) is 9.53. The third-order valence-corrected chi connectivity index (χ3v) is 11.1. The van der Waals surface area contributed by atoms with Crippen LogP contribution in [0.15, 0.2) is 121 Å². The van der Waals surface area contributed by atoms with Crippen LogP contribution in [-0.4, -0.2) is 8.07 Å². The van der Waals surface area contributed by atoms with Gasteiger partial charge in [-0.05, 0) is 36.1 Å². The first kappa shape index (κ1) is 19.4. The molecule has 0 spiro atoms. The fourth-order valence-corrected chi connectivity index (χ4v) is 9.22. The van der Waals surface area contributed by atoms with Gasteiger partial charge in [-0.25, -0.2) is 0 Å². The minimum absolute atomic E-state index is 1.13. The van der Waals surface area contributed by atoms with Crippen LogP contribution in [0.5, 0.6) is 0 Å². The third-order valence-electron chi connectivity index (χ3n) is 6.02. The van der Waals surface area contributed by atoms with E-state index < -0.39 is 8.07 Å². The molecular formula is C28H28Si. The fourth-order valence-electron chi connectivity index (χ4n) is 4.39. The van der Waals surface area contributed by atoms with Crippen LogP contribution in [-0.2, 0) is 12.8 Å². The summed E-state index contributed by atoms with van der Waals surface area (Å²) in [7, 11) is -1.91. The van der Waals surface area contributed by atoms with E-state index in [0.717, 1.165) is 12.8 Å². The standard InChI is InChI=1S/C28H28Si/c1-5-13-25(14-6-1)21-23-29(27-17-9-3-10-18-27,28-19-11-4-12-20-28)24-22-26-15-7-2-8-16-26/h1-20H,21-24H2. The van der Waals surface area contributed by atoms with Crippen molar-refractivity contribution in [2.24, 2.45) is 0 Å². The van der Waals surface area contributed by atoms with Gasteiger partial charge in [0.2, 0.25) is 0 Å². The first-order valence-electron chi connectivity index (χ1n) is 10.6. The van der Waals surface area contributed by atoms with Crippen molar-refractivity contribution in [2.75, 3.05) is 0 Å². The highest BCUT2D eigenvalue weighted by Crippen LogP contribution is 2.22. The zero-order chi connectivity index (χ0) is 19.8. The van der Waals surface area contributed by atoms with Gasteiger partial charge in [-0.2, -0.15) is 0 Å². The maximum absolute atomic E-state index is 2.37. The Morgan fingerprint density at radius 1 is 0.379 bits per heavy atom. The quantitative estimate of drug-likeness (QED) is 0.336. The lowest BCUT2D eigenvalue weighted by molar-refractivity contribution is 1.04. The van der Waals surface area contributed by atoms with Crippen LogP contribution in [0.3, 0.4) is 0 Å². The molecule has 0 aliphatic heterocycles. The lowest BCUT2D eigenvalue weighted by Gasteiger charge is -2.33. The van der Waals surface area contributed by atoms with Crippen molar-refractivity contribution in [3.63, 3.8) is 0 Å². The summed E-state index contributed by atoms with van der Waals surface area (Å²) < 4.78 is 0. The molecule has 0 fully saturated rings. The van der Waals surface area contributed by atoms with Gasteiger partial charge >= 0.3 is 0 Å². The van der Waals surface area contributed by atoms with Gasteiger partial charge in [-0.3, -0.25) is 0 Å². The smallest absolute Gasteiger partial charge is 0.0626 e. The summed E-state index contributed by atoms with van der Waals surface area (Å²) in [5, 5.41) is 3.11. The molecule has 0 atom stereocenters. The molecule has 0 saturated heterocycles. The molecule has 0 unspecified atom stereocenters. The molecule has 0 aliphatic rings. The number of hydrogen-bond donors (Lipinski definition) is 0. The summed E-state index contributed by atoms with van der Waals surface area (Å²) in [5.41, 5.74) is 2.88. The molecule has 4 rings (SSSR count). The van der Waals surface area contributed by atoms with Crippen LogP contribution >= 0.6 is 0 Å². The van der Waals surface area contributed by atoms with Crippen LogP contribution in [0, 0.1) is 0 Å². The van der Waals surface area contributed by atoms with Gasteiger partial charge in [0.1, 0.15) is 8.07 Å². The molecule has 0 bridgehead atoms. The van der Waals surface area contributed by atoms with Crippen LogP contribution in [0.4, 0.5) is 0 Å². The molecule has 4 aromatic rings. The molecular weight excluding hydrogens is 364 g/mol. The van der Waals surface area contributed by atoms with Gasteiger partial charge in [0.05, 0.1) is 0 Å². The van der Waals surface area contributed by atoms with Crippen molar-refractivity contribution in [1.82, 2.24) is 0 Å². The minimum Gasteiger partial charge on any atom is -0.0626 e. The maximum Gasteiger partial charge on any atom is 0.118 e. The largest absolute Gasteiger partial charge is 0.118 e. The van der Waals surface area contributed by atoms with Gasteiger partial charge in [0.25, 0.3) is 0 Å². The second-order valence-corrected chi connectivity index (χ2v) is 12.1. The van der Waals surface area contributed by atoms with E-state index in [1.165, 1.54) is 23.2 Å². The van der Waals surface area contributed by atoms with E-state index in [0.29, 0.717) is 0 Å². The number of hydrogen-bond acceptors (Lipinski definition) is 0. The van der Waals surface area contributed by atoms with Crippen LogP contribution < -0.4 is 10.4 Å². The molecule has 0 nitrogen and oxygen atoms in total. The Morgan fingerprint density at radius 2 is 0.690 bits per heavy atom. The molecule has 0 amide bonds.